The number of carbonyl (C=O) groups is 2. The van der Waals surface area contributed by atoms with Crippen molar-refractivity contribution in [2.45, 2.75) is 97.8 Å². The summed E-state index contributed by atoms with van der Waals surface area (Å²) >= 11 is 0. The zero-order valence-corrected chi connectivity index (χ0v) is 34.8. The van der Waals surface area contributed by atoms with Crippen molar-refractivity contribution < 1.29 is 26.4 Å². The minimum absolute atomic E-state index is 0.0785. The van der Waals surface area contributed by atoms with Crippen molar-refractivity contribution >= 4 is 43.1 Å². The normalized spacial score (nSPS) is 20.1. The minimum Gasteiger partial charge on any atom is -0.340 e. The van der Waals surface area contributed by atoms with E-state index in [2.05, 4.69) is 55.8 Å². The second-order valence-corrected chi connectivity index (χ2v) is 19.7. The molecule has 3 aliphatic heterocycles. The molecule has 2 amide bonds. The van der Waals surface area contributed by atoms with Gasteiger partial charge in [0.1, 0.15) is 17.9 Å². The molecule has 0 spiro atoms. The van der Waals surface area contributed by atoms with Crippen molar-refractivity contribution in [2.24, 2.45) is 16.8 Å². The van der Waals surface area contributed by atoms with E-state index in [1.165, 1.54) is 0 Å². The number of likely N-dealkylation sites (tertiary alicyclic amines) is 2. The average Bonchev–Trinajstić information content (AvgIpc) is 4.02. The number of nitrogens with one attached hydrogen (secondary N) is 3. The van der Waals surface area contributed by atoms with Crippen LogP contribution in [0.5, 0.6) is 0 Å². The van der Waals surface area contributed by atoms with E-state index in [0.29, 0.717) is 25.3 Å². The molecule has 15 heteroatoms. The summed E-state index contributed by atoms with van der Waals surface area (Å²) in [4.78, 5) is 43.7. The van der Waals surface area contributed by atoms with E-state index < -0.39 is 32.1 Å². The van der Waals surface area contributed by atoms with Gasteiger partial charge in [-0.1, -0.05) is 76.2 Å². The Kier molecular flexibility index (Phi) is 12.7. The van der Waals surface area contributed by atoms with Gasteiger partial charge in [-0.05, 0) is 79.2 Å². The lowest BCUT2D eigenvalue weighted by atomic mass is 9.96. The van der Waals surface area contributed by atoms with Crippen molar-refractivity contribution in [2.75, 3.05) is 24.6 Å². The number of nitrogens with zero attached hydrogens (tertiary/aromatic N) is 4. The van der Waals surface area contributed by atoms with Crippen LogP contribution in [0.4, 0.5) is 0 Å². The third-order valence-electron chi connectivity index (χ3n) is 11.1. The summed E-state index contributed by atoms with van der Waals surface area (Å²) in [7, 11) is -7.10. The predicted octanol–water partition coefficient (Wildman–Crippen LogP) is 5.51. The Morgan fingerprint density at radius 3 is 1.70 bits per heavy atom. The fourth-order valence-electron chi connectivity index (χ4n) is 7.75. The minimum atomic E-state index is -3.55. The summed E-state index contributed by atoms with van der Waals surface area (Å²) in [5.74, 6) is -0.293. The summed E-state index contributed by atoms with van der Waals surface area (Å²) in [6.45, 7) is 11.7. The molecule has 0 radical (unpaired) electrons. The molecule has 0 bridgehead atoms. The van der Waals surface area contributed by atoms with Gasteiger partial charge in [0.05, 0.1) is 35.5 Å². The number of rotatable bonds is 15. The molecule has 0 unspecified atom stereocenters. The van der Waals surface area contributed by atoms with Gasteiger partial charge in [-0.15, -0.1) is 0 Å². The number of amides is 2. The number of sulfonamides is 2. The lowest BCUT2D eigenvalue weighted by molar-refractivity contribution is -0.135. The number of allylic oxidation sites excluding steroid dienone is 1. The number of hydrogen-bond donors (Lipinski definition) is 3. The van der Waals surface area contributed by atoms with Crippen LogP contribution in [0.25, 0.3) is 28.0 Å². The average molecular weight is 806 g/mol. The SMILES string of the molecule is CCS(=O)(=O)N[C@@H](C(=O)N1CCC[C@H]1C1=NC=C(c2ccc(-c3ccc(-c4cnc([C@@H]5CCCN5C(=O)[C@H](NS(=O)(=O)CC)C(C)C)[nH]4)cc3)cc2)C1)C(C)C. The Labute approximate surface area is 331 Å². The molecule has 13 nitrogen and oxygen atoms in total. The van der Waals surface area contributed by atoms with E-state index in [-0.39, 0.29) is 47.2 Å². The summed E-state index contributed by atoms with van der Waals surface area (Å²) < 4.78 is 54.6. The van der Waals surface area contributed by atoms with Crippen molar-refractivity contribution in [1.82, 2.24) is 29.2 Å². The molecule has 3 aromatic rings. The van der Waals surface area contributed by atoms with Crippen LogP contribution in [0.2, 0.25) is 0 Å². The molecule has 4 heterocycles. The Bertz CT molecular complexity index is 2180. The molecule has 0 saturated carbocycles. The maximum absolute atomic E-state index is 13.6. The molecule has 302 valence electrons. The van der Waals surface area contributed by atoms with Crippen molar-refractivity contribution in [1.29, 1.82) is 0 Å². The quantitative estimate of drug-likeness (QED) is 0.182. The topological polar surface area (TPSA) is 174 Å². The lowest BCUT2D eigenvalue weighted by Gasteiger charge is -2.31. The third-order valence-corrected chi connectivity index (χ3v) is 13.9. The second-order valence-electron chi connectivity index (χ2n) is 15.7. The molecule has 3 N–H and O–H groups in total. The Balaban J connectivity index is 1.08. The molecule has 2 aromatic carbocycles. The molecule has 4 atom stereocenters. The van der Waals surface area contributed by atoms with Gasteiger partial charge in [0, 0.05) is 31.4 Å². The van der Waals surface area contributed by atoms with Gasteiger partial charge in [-0.2, -0.15) is 0 Å². The van der Waals surface area contributed by atoms with Crippen LogP contribution in [0.15, 0.2) is 65.9 Å². The summed E-state index contributed by atoms with van der Waals surface area (Å²) in [5.41, 5.74) is 6.97. The molecule has 1 aromatic heterocycles. The summed E-state index contributed by atoms with van der Waals surface area (Å²) in [5, 5.41) is 0. The summed E-state index contributed by atoms with van der Waals surface area (Å²) in [6.07, 6.45) is 7.49. The van der Waals surface area contributed by atoms with Crippen LogP contribution < -0.4 is 9.44 Å². The van der Waals surface area contributed by atoms with Crippen LogP contribution >= 0.6 is 0 Å². The van der Waals surface area contributed by atoms with E-state index >= 15 is 0 Å². The fourth-order valence-corrected chi connectivity index (χ4v) is 9.60. The highest BCUT2D eigenvalue weighted by atomic mass is 32.2. The van der Waals surface area contributed by atoms with Crippen molar-refractivity contribution in [3.8, 4) is 22.4 Å². The maximum atomic E-state index is 13.6. The smallest absolute Gasteiger partial charge is 0.241 e. The zero-order valence-electron chi connectivity index (χ0n) is 33.2. The number of aromatic nitrogens is 2. The molecular formula is C41H55N7O6S2. The van der Waals surface area contributed by atoms with Crippen LogP contribution in [0, 0.1) is 11.8 Å². The maximum Gasteiger partial charge on any atom is 0.241 e. The van der Waals surface area contributed by atoms with Gasteiger partial charge >= 0.3 is 0 Å². The van der Waals surface area contributed by atoms with Gasteiger partial charge in [-0.3, -0.25) is 14.6 Å². The van der Waals surface area contributed by atoms with E-state index in [1.54, 1.807) is 24.9 Å². The predicted molar refractivity (Wildman–Crippen MR) is 220 cm³/mol. The molecule has 0 aliphatic carbocycles. The van der Waals surface area contributed by atoms with Gasteiger partial charge < -0.3 is 14.8 Å². The Morgan fingerprint density at radius 2 is 1.20 bits per heavy atom. The Hall–Kier alpha value is -4.18. The van der Waals surface area contributed by atoms with Crippen LogP contribution in [0.1, 0.15) is 91.1 Å². The standard InChI is InChI=1S/C41H55N7O6S2/c1-7-55(51,52)45-37(26(3)4)40(49)47-21-9-11-35(47)33-23-32(24-42-33)30-15-13-28(14-16-30)29-17-19-31(20-18-29)34-25-43-39(44-34)36-12-10-22-48(36)41(50)38(27(5)6)46-56(53,54)8-2/h13-20,24-27,35-38,45-46H,7-12,21-23H2,1-6H3,(H,43,44)/t35-,36-,37+,38+/m0/s1. The van der Waals surface area contributed by atoms with E-state index in [1.807, 2.05) is 50.9 Å². The first-order chi connectivity index (χ1) is 26.6. The number of aromatic amines is 1. The molecule has 2 fully saturated rings. The van der Waals surface area contributed by atoms with E-state index in [9.17, 15) is 26.4 Å². The monoisotopic (exact) mass is 805 g/mol. The number of aliphatic imine (C=N–C) groups is 1. The first kappa shape index (κ1) is 41.5. The molecule has 56 heavy (non-hydrogen) atoms. The zero-order chi connectivity index (χ0) is 40.4. The molecule has 3 aliphatic rings. The van der Waals surface area contributed by atoms with Crippen LogP contribution in [0.3, 0.4) is 0 Å². The molecule has 2 saturated heterocycles. The third kappa shape index (κ3) is 9.17. The summed E-state index contributed by atoms with van der Waals surface area (Å²) in [6, 6.07) is 14.5. The number of imidazole rings is 1. The van der Waals surface area contributed by atoms with Gasteiger partial charge in [-0.25, -0.2) is 31.3 Å². The first-order valence-electron chi connectivity index (χ1n) is 19.7. The second kappa shape index (κ2) is 17.1. The van der Waals surface area contributed by atoms with Gasteiger partial charge in [0.2, 0.25) is 31.9 Å². The first-order valence-corrected chi connectivity index (χ1v) is 23.0. The van der Waals surface area contributed by atoms with E-state index in [4.69, 9.17) is 4.99 Å². The van der Waals surface area contributed by atoms with Crippen molar-refractivity contribution in [3.63, 3.8) is 0 Å². The molecular weight excluding hydrogens is 751 g/mol. The molecule has 6 rings (SSSR count). The van der Waals surface area contributed by atoms with Crippen LogP contribution in [-0.2, 0) is 29.6 Å². The number of H-pyrrole nitrogens is 1. The fraction of sp³-hybridized carbons (Fsp3) is 0.512. The van der Waals surface area contributed by atoms with E-state index in [0.717, 1.165) is 64.9 Å². The van der Waals surface area contributed by atoms with Crippen LogP contribution in [-0.4, -0.2) is 96.9 Å². The number of benzene rings is 2. The highest BCUT2D eigenvalue weighted by molar-refractivity contribution is 7.89. The van der Waals surface area contributed by atoms with Gasteiger partial charge in [0.25, 0.3) is 0 Å². The largest absolute Gasteiger partial charge is 0.340 e. The highest BCUT2D eigenvalue weighted by Crippen LogP contribution is 2.35. The lowest BCUT2D eigenvalue weighted by Crippen LogP contribution is -2.53. The number of hydrogen-bond acceptors (Lipinski definition) is 8. The number of carbonyl (C=O) groups excluding carboxylic acids is 2. The van der Waals surface area contributed by atoms with Crippen molar-refractivity contribution in [3.05, 3.63) is 72.3 Å². The Morgan fingerprint density at radius 1 is 0.732 bits per heavy atom. The van der Waals surface area contributed by atoms with Gasteiger partial charge in [0.15, 0.2) is 0 Å². The highest BCUT2D eigenvalue weighted by Gasteiger charge is 2.40.